The second kappa shape index (κ2) is 3.45. The summed E-state index contributed by atoms with van der Waals surface area (Å²) in [6, 6.07) is 6.19. The molecule has 1 aromatic rings. The van der Waals surface area contributed by atoms with Crippen LogP contribution in [0.4, 0.5) is 0 Å². The highest BCUT2D eigenvalue weighted by Crippen LogP contribution is 2.20. The summed E-state index contributed by atoms with van der Waals surface area (Å²) < 4.78 is 0. The quantitative estimate of drug-likeness (QED) is 0.550. The van der Waals surface area contributed by atoms with Crippen molar-refractivity contribution < 1.29 is 0 Å². The van der Waals surface area contributed by atoms with E-state index in [4.69, 9.17) is 6.42 Å². The summed E-state index contributed by atoms with van der Waals surface area (Å²) in [6.45, 7) is 6.18. The molecular weight excluding hydrogens is 144 g/mol. The fraction of sp³-hybridized carbons (Fsp3) is 0.333. The van der Waals surface area contributed by atoms with Gasteiger partial charge in [-0.25, -0.2) is 0 Å². The lowest BCUT2D eigenvalue weighted by Gasteiger charge is -2.10. The van der Waals surface area contributed by atoms with Crippen molar-refractivity contribution in [2.45, 2.75) is 26.7 Å². The molecule has 0 nitrogen and oxygen atoms in total. The first-order valence-corrected chi connectivity index (χ1v) is 4.15. The molecule has 0 bridgehead atoms. The van der Waals surface area contributed by atoms with Crippen molar-refractivity contribution in [3.63, 3.8) is 0 Å². The molecule has 0 aliphatic carbocycles. The van der Waals surface area contributed by atoms with Gasteiger partial charge in [0.1, 0.15) is 0 Å². The number of rotatable bonds is 1. The fourth-order valence-electron chi connectivity index (χ4n) is 1.32. The largest absolute Gasteiger partial charge is 0.0812 e. The Morgan fingerprint density at radius 2 is 2.00 bits per heavy atom. The molecule has 0 spiro atoms. The summed E-state index contributed by atoms with van der Waals surface area (Å²) in [5.74, 6) is 2.61. The third-order valence-corrected chi connectivity index (χ3v) is 2.33. The summed E-state index contributed by atoms with van der Waals surface area (Å²) >= 11 is 0. The van der Waals surface area contributed by atoms with E-state index in [1.165, 1.54) is 16.7 Å². The number of hydrogen-bond donors (Lipinski definition) is 0. The minimum absolute atomic E-state index is 0.116. The lowest BCUT2D eigenvalue weighted by atomic mass is 9.94. The van der Waals surface area contributed by atoms with Gasteiger partial charge in [-0.2, -0.15) is 0 Å². The van der Waals surface area contributed by atoms with E-state index in [-0.39, 0.29) is 5.92 Å². The van der Waals surface area contributed by atoms with Gasteiger partial charge in [0.2, 0.25) is 0 Å². The van der Waals surface area contributed by atoms with Crippen LogP contribution in [0.25, 0.3) is 0 Å². The van der Waals surface area contributed by atoms with Crippen molar-refractivity contribution in [2.24, 2.45) is 0 Å². The molecular formula is C12H13. The monoisotopic (exact) mass is 157 g/mol. The molecule has 1 radical (unpaired) electrons. The van der Waals surface area contributed by atoms with Crippen LogP contribution in [0.15, 0.2) is 18.2 Å². The third-order valence-electron chi connectivity index (χ3n) is 2.33. The normalized spacial score (nSPS) is 12.2. The lowest BCUT2D eigenvalue weighted by Crippen LogP contribution is -1.94. The maximum atomic E-state index is 7.06. The molecule has 0 aliphatic rings. The highest BCUT2D eigenvalue weighted by Gasteiger charge is 2.05. The highest BCUT2D eigenvalue weighted by molar-refractivity contribution is 5.37. The number of hydrogen-bond acceptors (Lipinski definition) is 0. The van der Waals surface area contributed by atoms with Crippen LogP contribution in [0.2, 0.25) is 0 Å². The standard InChI is InChI=1S/C12H13/c1-5-9(2)12-8-6-7-10(3)11(12)4/h6-9H,2-4H3. The van der Waals surface area contributed by atoms with E-state index in [9.17, 15) is 0 Å². The van der Waals surface area contributed by atoms with Crippen LogP contribution >= 0.6 is 0 Å². The van der Waals surface area contributed by atoms with Crippen molar-refractivity contribution in [1.82, 2.24) is 0 Å². The highest BCUT2D eigenvalue weighted by atomic mass is 14.1. The van der Waals surface area contributed by atoms with Crippen molar-refractivity contribution in [3.05, 3.63) is 41.3 Å². The molecule has 1 aromatic carbocycles. The van der Waals surface area contributed by atoms with E-state index in [0.29, 0.717) is 0 Å². The Bertz CT molecular complexity index is 315. The summed E-state index contributed by atoms with van der Waals surface area (Å²) in [4.78, 5) is 0. The van der Waals surface area contributed by atoms with Crippen molar-refractivity contribution >= 4 is 0 Å². The second-order valence-electron chi connectivity index (χ2n) is 3.16. The van der Waals surface area contributed by atoms with Gasteiger partial charge in [0.05, 0.1) is 0 Å². The molecule has 0 N–H and O–H groups in total. The van der Waals surface area contributed by atoms with Gasteiger partial charge in [-0.05, 0) is 43.9 Å². The number of aryl methyl sites for hydroxylation is 1. The molecule has 0 amide bonds. The first-order chi connectivity index (χ1) is 5.66. The predicted octanol–water partition coefficient (Wildman–Crippen LogP) is 3.00. The Balaban J connectivity index is 3.18. The summed E-state index contributed by atoms with van der Waals surface area (Å²) in [5.41, 5.74) is 3.78. The second-order valence-corrected chi connectivity index (χ2v) is 3.16. The molecule has 0 aromatic heterocycles. The van der Waals surface area contributed by atoms with Gasteiger partial charge < -0.3 is 0 Å². The van der Waals surface area contributed by atoms with Crippen LogP contribution in [-0.2, 0) is 0 Å². The molecule has 0 aliphatic heterocycles. The molecule has 0 saturated heterocycles. The molecule has 0 saturated carbocycles. The minimum Gasteiger partial charge on any atom is -0.0812 e. The molecule has 0 heterocycles. The number of benzene rings is 1. The van der Waals surface area contributed by atoms with Crippen LogP contribution in [-0.4, -0.2) is 0 Å². The van der Waals surface area contributed by atoms with E-state index in [2.05, 4.69) is 31.9 Å². The van der Waals surface area contributed by atoms with Gasteiger partial charge in [-0.15, -0.1) is 0 Å². The molecule has 1 rings (SSSR count). The van der Waals surface area contributed by atoms with Crippen molar-refractivity contribution in [3.8, 4) is 5.92 Å². The van der Waals surface area contributed by atoms with Gasteiger partial charge in [-0.1, -0.05) is 24.1 Å². The van der Waals surface area contributed by atoms with Crippen molar-refractivity contribution in [1.29, 1.82) is 0 Å². The lowest BCUT2D eigenvalue weighted by molar-refractivity contribution is 0.980. The average Bonchev–Trinajstić information content (AvgIpc) is 2.08. The Labute approximate surface area is 74.6 Å². The maximum absolute atomic E-state index is 7.06. The van der Waals surface area contributed by atoms with E-state index in [0.717, 1.165) is 0 Å². The maximum Gasteiger partial charge on any atom is 0.0437 e. The predicted molar refractivity (Wildman–Crippen MR) is 51.5 cm³/mol. The Hall–Kier alpha value is -1.22. The third kappa shape index (κ3) is 1.51. The zero-order chi connectivity index (χ0) is 9.14. The van der Waals surface area contributed by atoms with Gasteiger partial charge in [-0.3, -0.25) is 0 Å². The van der Waals surface area contributed by atoms with E-state index >= 15 is 0 Å². The zero-order valence-corrected chi connectivity index (χ0v) is 7.81. The van der Waals surface area contributed by atoms with Crippen LogP contribution in [0.1, 0.15) is 29.5 Å². The summed E-state index contributed by atoms with van der Waals surface area (Å²) in [5, 5.41) is 0. The first kappa shape index (κ1) is 8.87. The SMILES string of the molecule is [C]#CC(C)c1cccc(C)c1C. The summed E-state index contributed by atoms with van der Waals surface area (Å²) in [6.07, 6.45) is 7.06. The van der Waals surface area contributed by atoms with Crippen LogP contribution < -0.4 is 0 Å². The van der Waals surface area contributed by atoms with E-state index in [1.54, 1.807) is 0 Å². The summed E-state index contributed by atoms with van der Waals surface area (Å²) in [7, 11) is 0. The Kier molecular flexibility index (Phi) is 2.55. The first-order valence-electron chi connectivity index (χ1n) is 4.15. The Morgan fingerprint density at radius 1 is 1.33 bits per heavy atom. The van der Waals surface area contributed by atoms with Gasteiger partial charge in [0, 0.05) is 5.92 Å². The molecule has 0 fully saturated rings. The van der Waals surface area contributed by atoms with Gasteiger partial charge in [0.15, 0.2) is 0 Å². The minimum atomic E-state index is 0.116. The Morgan fingerprint density at radius 3 is 2.58 bits per heavy atom. The van der Waals surface area contributed by atoms with E-state index in [1.807, 2.05) is 13.0 Å². The average molecular weight is 157 g/mol. The topological polar surface area (TPSA) is 0 Å². The molecule has 0 heteroatoms. The molecule has 1 unspecified atom stereocenters. The fourth-order valence-corrected chi connectivity index (χ4v) is 1.32. The van der Waals surface area contributed by atoms with Crippen molar-refractivity contribution in [2.75, 3.05) is 0 Å². The molecule has 1 atom stereocenters. The van der Waals surface area contributed by atoms with Gasteiger partial charge in [0.25, 0.3) is 0 Å². The van der Waals surface area contributed by atoms with Crippen LogP contribution in [0, 0.1) is 26.2 Å². The van der Waals surface area contributed by atoms with Crippen LogP contribution in [0.3, 0.4) is 0 Å². The van der Waals surface area contributed by atoms with Crippen LogP contribution in [0.5, 0.6) is 0 Å². The molecule has 61 valence electrons. The molecule has 12 heavy (non-hydrogen) atoms. The zero-order valence-electron chi connectivity index (χ0n) is 7.81. The van der Waals surface area contributed by atoms with Gasteiger partial charge >= 0.3 is 0 Å². The smallest absolute Gasteiger partial charge is 0.0437 e. The van der Waals surface area contributed by atoms with E-state index < -0.39 is 0 Å².